The number of nitrogens with one attached hydrogen (secondary N) is 2. The van der Waals surface area contributed by atoms with Gasteiger partial charge in [0, 0.05) is 12.4 Å². The summed E-state index contributed by atoms with van der Waals surface area (Å²) < 4.78 is 0. The Morgan fingerprint density at radius 3 is 3.06 bits per heavy atom. The third kappa shape index (κ3) is 4.15. The molecule has 0 bridgehead atoms. The molecule has 2 rings (SSSR count). The van der Waals surface area contributed by atoms with Crippen molar-refractivity contribution in [1.29, 1.82) is 0 Å². The highest BCUT2D eigenvalue weighted by Crippen LogP contribution is 2.27. The highest BCUT2D eigenvalue weighted by Gasteiger charge is 2.20. The topological polar surface area (TPSA) is 54.0 Å². The average molecular weight is 233 g/mol. The molecule has 1 saturated carbocycles. The van der Waals surface area contributed by atoms with Crippen molar-refractivity contribution in [3.63, 3.8) is 0 Å². The summed E-state index contributed by atoms with van der Waals surface area (Å²) in [6, 6.07) is 3.86. The van der Waals surface area contributed by atoms with Gasteiger partial charge in [0.15, 0.2) is 0 Å². The van der Waals surface area contributed by atoms with Gasteiger partial charge in [-0.05, 0) is 43.9 Å². The van der Waals surface area contributed by atoms with E-state index in [1.807, 2.05) is 19.1 Å². The summed E-state index contributed by atoms with van der Waals surface area (Å²) in [6.45, 7) is 3.34. The molecule has 4 heteroatoms. The monoisotopic (exact) mass is 233 g/mol. The Morgan fingerprint density at radius 2 is 2.41 bits per heavy atom. The van der Waals surface area contributed by atoms with Crippen molar-refractivity contribution in [1.82, 2.24) is 15.6 Å². The van der Waals surface area contributed by atoms with Gasteiger partial charge >= 0.3 is 0 Å². The van der Waals surface area contributed by atoms with Gasteiger partial charge in [-0.1, -0.05) is 6.07 Å². The predicted octanol–water partition coefficient (Wildman–Crippen LogP) is 1.26. The molecule has 17 heavy (non-hydrogen) atoms. The molecule has 1 atom stereocenters. The highest BCUT2D eigenvalue weighted by atomic mass is 16.1. The lowest BCUT2D eigenvalue weighted by molar-refractivity contribution is -0.120. The van der Waals surface area contributed by atoms with Gasteiger partial charge in [-0.2, -0.15) is 0 Å². The van der Waals surface area contributed by atoms with E-state index in [0.717, 1.165) is 18.0 Å². The van der Waals surface area contributed by atoms with Crippen LogP contribution in [0, 0.1) is 5.92 Å². The first kappa shape index (κ1) is 12.0. The second-order valence-electron chi connectivity index (χ2n) is 4.65. The van der Waals surface area contributed by atoms with E-state index < -0.39 is 0 Å². The minimum atomic E-state index is 0.0129. The van der Waals surface area contributed by atoms with Gasteiger partial charge in [-0.15, -0.1) is 0 Å². The van der Waals surface area contributed by atoms with Crippen molar-refractivity contribution in [2.75, 3.05) is 13.1 Å². The molecule has 1 aromatic rings. The maximum atomic E-state index is 11.6. The lowest BCUT2D eigenvalue weighted by Crippen LogP contribution is -2.36. The van der Waals surface area contributed by atoms with Crippen LogP contribution in [0.25, 0.3) is 0 Å². The molecule has 0 spiro atoms. The van der Waals surface area contributed by atoms with E-state index in [2.05, 4.69) is 15.6 Å². The molecule has 1 amide bonds. The zero-order valence-electron chi connectivity index (χ0n) is 10.1. The number of carbonyl (C=O) groups is 1. The molecule has 0 saturated heterocycles. The molecule has 1 aliphatic rings. The summed E-state index contributed by atoms with van der Waals surface area (Å²) >= 11 is 0. The molecule has 0 radical (unpaired) electrons. The third-order valence-corrected chi connectivity index (χ3v) is 2.98. The number of nitrogens with zero attached hydrogens (tertiary/aromatic N) is 1. The molecule has 2 N–H and O–H groups in total. The van der Waals surface area contributed by atoms with Crippen molar-refractivity contribution in [3.05, 3.63) is 30.1 Å². The normalized spacial score (nSPS) is 16.5. The molecule has 1 heterocycles. The van der Waals surface area contributed by atoms with Gasteiger partial charge in [0.05, 0.1) is 12.6 Å². The molecule has 0 aromatic carbocycles. The SMILES string of the molecule is C[C@@H](NC(=O)CNCC1CC1)c1cccnc1. The first-order valence-electron chi connectivity index (χ1n) is 6.15. The van der Waals surface area contributed by atoms with E-state index in [0.29, 0.717) is 6.54 Å². The maximum Gasteiger partial charge on any atom is 0.234 e. The molecule has 1 fully saturated rings. The van der Waals surface area contributed by atoms with Crippen molar-refractivity contribution in [2.45, 2.75) is 25.8 Å². The molecular formula is C13H19N3O. The molecule has 4 nitrogen and oxygen atoms in total. The van der Waals surface area contributed by atoms with Gasteiger partial charge in [-0.25, -0.2) is 0 Å². The van der Waals surface area contributed by atoms with E-state index in [-0.39, 0.29) is 11.9 Å². The lowest BCUT2D eigenvalue weighted by Gasteiger charge is -2.14. The summed E-state index contributed by atoms with van der Waals surface area (Å²) in [7, 11) is 0. The second-order valence-corrected chi connectivity index (χ2v) is 4.65. The van der Waals surface area contributed by atoms with Crippen LogP contribution in [0.2, 0.25) is 0 Å². The van der Waals surface area contributed by atoms with Crippen LogP contribution in [0.5, 0.6) is 0 Å². The number of amides is 1. The second kappa shape index (κ2) is 5.77. The Hall–Kier alpha value is -1.42. The van der Waals surface area contributed by atoms with Crippen LogP contribution in [0.3, 0.4) is 0 Å². The predicted molar refractivity (Wildman–Crippen MR) is 66.4 cm³/mol. The first-order chi connectivity index (χ1) is 8.25. The van der Waals surface area contributed by atoms with Gasteiger partial charge in [0.1, 0.15) is 0 Å². The number of carbonyl (C=O) groups excluding carboxylic acids is 1. The molecule has 0 unspecified atom stereocenters. The van der Waals surface area contributed by atoms with Crippen LogP contribution in [0.4, 0.5) is 0 Å². The maximum absolute atomic E-state index is 11.6. The Balaban J connectivity index is 1.69. The standard InChI is InChI=1S/C13H19N3O/c1-10(12-3-2-6-14-8-12)16-13(17)9-15-7-11-4-5-11/h2-3,6,8,10-11,15H,4-5,7,9H2,1H3,(H,16,17)/t10-/m1/s1. The minimum absolute atomic E-state index is 0.0129. The van der Waals surface area contributed by atoms with Crippen LogP contribution in [0.1, 0.15) is 31.4 Å². The Kier molecular flexibility index (Phi) is 4.09. The Bertz CT molecular complexity index is 362. The van der Waals surface area contributed by atoms with E-state index in [1.165, 1.54) is 12.8 Å². The highest BCUT2D eigenvalue weighted by molar-refractivity contribution is 5.78. The molecule has 1 aromatic heterocycles. The fraction of sp³-hybridized carbons (Fsp3) is 0.538. The van der Waals surface area contributed by atoms with E-state index in [4.69, 9.17) is 0 Å². The smallest absolute Gasteiger partial charge is 0.234 e. The fourth-order valence-corrected chi connectivity index (χ4v) is 1.72. The number of hydrogen-bond donors (Lipinski definition) is 2. The molecule has 92 valence electrons. The largest absolute Gasteiger partial charge is 0.348 e. The van der Waals surface area contributed by atoms with E-state index in [9.17, 15) is 4.79 Å². The van der Waals surface area contributed by atoms with Crippen molar-refractivity contribution < 1.29 is 4.79 Å². The van der Waals surface area contributed by atoms with E-state index in [1.54, 1.807) is 12.4 Å². The quantitative estimate of drug-likeness (QED) is 0.777. The van der Waals surface area contributed by atoms with Gasteiger partial charge in [0.25, 0.3) is 0 Å². The summed E-state index contributed by atoms with van der Waals surface area (Å²) in [5, 5.41) is 6.13. The summed E-state index contributed by atoms with van der Waals surface area (Å²) in [5.41, 5.74) is 1.03. The van der Waals surface area contributed by atoms with Crippen molar-refractivity contribution in [3.8, 4) is 0 Å². The molecular weight excluding hydrogens is 214 g/mol. The lowest BCUT2D eigenvalue weighted by atomic mass is 10.1. The van der Waals surface area contributed by atoms with Crippen molar-refractivity contribution in [2.24, 2.45) is 5.92 Å². The van der Waals surface area contributed by atoms with Crippen LogP contribution in [-0.2, 0) is 4.79 Å². The van der Waals surface area contributed by atoms with Crippen LogP contribution >= 0.6 is 0 Å². The fourth-order valence-electron chi connectivity index (χ4n) is 1.72. The molecule has 1 aliphatic carbocycles. The third-order valence-electron chi connectivity index (χ3n) is 2.98. The Labute approximate surface area is 102 Å². The summed E-state index contributed by atoms with van der Waals surface area (Å²) in [5.74, 6) is 0.848. The van der Waals surface area contributed by atoms with Crippen LogP contribution < -0.4 is 10.6 Å². The van der Waals surface area contributed by atoms with Crippen LogP contribution in [-0.4, -0.2) is 24.0 Å². The zero-order chi connectivity index (χ0) is 12.1. The minimum Gasteiger partial charge on any atom is -0.348 e. The average Bonchev–Trinajstić information content (AvgIpc) is 3.14. The van der Waals surface area contributed by atoms with Gasteiger partial charge in [0.2, 0.25) is 5.91 Å². The number of aromatic nitrogens is 1. The van der Waals surface area contributed by atoms with Gasteiger partial charge < -0.3 is 10.6 Å². The summed E-state index contributed by atoms with van der Waals surface area (Å²) in [4.78, 5) is 15.7. The Morgan fingerprint density at radius 1 is 1.59 bits per heavy atom. The number of hydrogen-bond acceptors (Lipinski definition) is 3. The number of rotatable bonds is 6. The van der Waals surface area contributed by atoms with Gasteiger partial charge in [-0.3, -0.25) is 9.78 Å². The molecule has 0 aliphatic heterocycles. The zero-order valence-corrected chi connectivity index (χ0v) is 10.1. The first-order valence-corrected chi connectivity index (χ1v) is 6.15. The van der Waals surface area contributed by atoms with Crippen molar-refractivity contribution >= 4 is 5.91 Å². The number of pyridine rings is 1. The summed E-state index contributed by atoms with van der Waals surface area (Å²) in [6.07, 6.45) is 6.12. The van der Waals surface area contributed by atoms with E-state index >= 15 is 0 Å². The van der Waals surface area contributed by atoms with Crippen LogP contribution in [0.15, 0.2) is 24.5 Å².